The standard InChI is InChI=1S/C17H30N2O/c1-6-8-9-16(19(3)4)17(18,7-2)14-10-12-15(20-5)13-11-14/h10-13,16H,6-9,18H2,1-5H3. The number of hydrogen-bond acceptors (Lipinski definition) is 3. The molecule has 0 saturated heterocycles. The highest BCUT2D eigenvalue weighted by molar-refractivity contribution is 5.33. The SMILES string of the molecule is CCCCC(N(C)C)C(N)(CC)c1ccc(OC)cc1. The molecule has 3 nitrogen and oxygen atoms in total. The van der Waals surface area contributed by atoms with Crippen LogP contribution < -0.4 is 10.5 Å². The molecule has 2 atom stereocenters. The molecule has 0 radical (unpaired) electrons. The zero-order valence-corrected chi connectivity index (χ0v) is 13.6. The van der Waals surface area contributed by atoms with Crippen LogP contribution in [0.25, 0.3) is 0 Å². The third-order valence-corrected chi connectivity index (χ3v) is 4.26. The lowest BCUT2D eigenvalue weighted by atomic mass is 9.78. The van der Waals surface area contributed by atoms with E-state index in [4.69, 9.17) is 10.5 Å². The second-order valence-corrected chi connectivity index (χ2v) is 5.74. The van der Waals surface area contributed by atoms with Gasteiger partial charge in [-0.15, -0.1) is 0 Å². The fraction of sp³-hybridized carbons (Fsp3) is 0.647. The van der Waals surface area contributed by atoms with Crippen LogP contribution in [0.2, 0.25) is 0 Å². The first kappa shape index (κ1) is 17.0. The van der Waals surface area contributed by atoms with Crippen molar-refractivity contribution in [2.45, 2.75) is 51.1 Å². The molecule has 0 bridgehead atoms. The Labute approximate surface area is 124 Å². The smallest absolute Gasteiger partial charge is 0.118 e. The van der Waals surface area contributed by atoms with Gasteiger partial charge in [-0.2, -0.15) is 0 Å². The molecule has 1 aromatic rings. The summed E-state index contributed by atoms with van der Waals surface area (Å²) in [5.74, 6) is 0.877. The minimum absolute atomic E-state index is 0.315. The van der Waals surface area contributed by atoms with E-state index in [0.717, 1.165) is 18.6 Å². The molecule has 1 aromatic carbocycles. The first-order valence-electron chi connectivity index (χ1n) is 7.59. The second kappa shape index (κ2) is 7.65. The number of likely N-dealkylation sites (N-methyl/N-ethyl adjacent to an activating group) is 1. The van der Waals surface area contributed by atoms with Crippen molar-refractivity contribution in [1.29, 1.82) is 0 Å². The largest absolute Gasteiger partial charge is 0.497 e. The first-order chi connectivity index (χ1) is 9.49. The minimum atomic E-state index is -0.315. The van der Waals surface area contributed by atoms with Crippen molar-refractivity contribution in [1.82, 2.24) is 4.90 Å². The van der Waals surface area contributed by atoms with Crippen LogP contribution >= 0.6 is 0 Å². The molecule has 2 N–H and O–H groups in total. The third kappa shape index (κ3) is 3.74. The molecule has 0 aliphatic carbocycles. The van der Waals surface area contributed by atoms with Gasteiger partial charge in [0.05, 0.1) is 12.6 Å². The Morgan fingerprint density at radius 2 is 1.80 bits per heavy atom. The van der Waals surface area contributed by atoms with E-state index in [0.29, 0.717) is 6.04 Å². The highest BCUT2D eigenvalue weighted by Crippen LogP contribution is 2.32. The second-order valence-electron chi connectivity index (χ2n) is 5.74. The van der Waals surface area contributed by atoms with Crippen molar-refractivity contribution in [3.05, 3.63) is 29.8 Å². The molecule has 114 valence electrons. The highest BCUT2D eigenvalue weighted by Gasteiger charge is 2.35. The van der Waals surface area contributed by atoms with Gasteiger partial charge in [-0.05, 0) is 44.6 Å². The minimum Gasteiger partial charge on any atom is -0.497 e. The number of rotatable bonds is 8. The molecule has 0 heterocycles. The van der Waals surface area contributed by atoms with Gasteiger partial charge in [-0.1, -0.05) is 38.8 Å². The molecule has 0 aliphatic rings. The Hall–Kier alpha value is -1.06. The summed E-state index contributed by atoms with van der Waals surface area (Å²) in [6, 6.07) is 8.55. The molecule has 2 unspecified atom stereocenters. The summed E-state index contributed by atoms with van der Waals surface area (Å²) in [7, 11) is 5.94. The predicted molar refractivity (Wildman–Crippen MR) is 86.2 cm³/mol. The normalized spacial score (nSPS) is 15.9. The van der Waals surface area contributed by atoms with Gasteiger partial charge in [0, 0.05) is 6.04 Å². The Balaban J connectivity index is 3.07. The Bertz CT molecular complexity index is 388. The van der Waals surface area contributed by atoms with E-state index in [9.17, 15) is 0 Å². The number of nitrogens with zero attached hydrogens (tertiary/aromatic N) is 1. The van der Waals surface area contributed by atoms with Crippen molar-refractivity contribution in [3.8, 4) is 5.75 Å². The molecule has 20 heavy (non-hydrogen) atoms. The first-order valence-corrected chi connectivity index (χ1v) is 7.59. The summed E-state index contributed by atoms with van der Waals surface area (Å²) in [6.45, 7) is 4.40. The molecular weight excluding hydrogens is 248 g/mol. The van der Waals surface area contributed by atoms with Crippen molar-refractivity contribution < 1.29 is 4.74 Å². The Kier molecular flexibility index (Phi) is 6.50. The van der Waals surface area contributed by atoms with Gasteiger partial charge in [-0.3, -0.25) is 0 Å². The molecule has 0 aliphatic heterocycles. The summed E-state index contributed by atoms with van der Waals surface area (Å²) >= 11 is 0. The van der Waals surface area contributed by atoms with Gasteiger partial charge >= 0.3 is 0 Å². The fourth-order valence-corrected chi connectivity index (χ4v) is 2.91. The number of ether oxygens (including phenoxy) is 1. The maximum absolute atomic E-state index is 6.81. The zero-order valence-electron chi connectivity index (χ0n) is 13.6. The maximum Gasteiger partial charge on any atom is 0.118 e. The molecule has 0 saturated carbocycles. The van der Waals surface area contributed by atoms with Crippen LogP contribution in [-0.4, -0.2) is 32.1 Å². The summed E-state index contributed by atoms with van der Waals surface area (Å²) in [5, 5.41) is 0. The molecule has 0 amide bonds. The summed E-state index contributed by atoms with van der Waals surface area (Å²) < 4.78 is 5.24. The molecule has 0 aromatic heterocycles. The molecule has 0 fully saturated rings. The maximum atomic E-state index is 6.81. The van der Waals surface area contributed by atoms with Gasteiger partial charge in [-0.25, -0.2) is 0 Å². The molecule has 3 heteroatoms. The van der Waals surface area contributed by atoms with E-state index in [1.165, 1.54) is 18.4 Å². The lowest BCUT2D eigenvalue weighted by Crippen LogP contribution is -2.53. The van der Waals surface area contributed by atoms with Crippen molar-refractivity contribution in [3.63, 3.8) is 0 Å². The predicted octanol–water partition coefficient (Wildman–Crippen LogP) is 3.38. The Morgan fingerprint density at radius 3 is 2.20 bits per heavy atom. The number of methoxy groups -OCH3 is 1. The fourth-order valence-electron chi connectivity index (χ4n) is 2.91. The van der Waals surface area contributed by atoms with E-state index < -0.39 is 0 Å². The average Bonchev–Trinajstić information content (AvgIpc) is 2.47. The van der Waals surface area contributed by atoms with Crippen molar-refractivity contribution >= 4 is 0 Å². The van der Waals surface area contributed by atoms with Gasteiger partial charge < -0.3 is 15.4 Å². The number of nitrogens with two attached hydrogens (primary N) is 1. The molecule has 1 rings (SSSR count). The average molecular weight is 278 g/mol. The van der Waals surface area contributed by atoms with Crippen LogP contribution in [0.3, 0.4) is 0 Å². The highest BCUT2D eigenvalue weighted by atomic mass is 16.5. The van der Waals surface area contributed by atoms with Crippen LogP contribution in [0.5, 0.6) is 5.75 Å². The summed E-state index contributed by atoms with van der Waals surface area (Å²) in [4.78, 5) is 2.27. The van der Waals surface area contributed by atoms with E-state index >= 15 is 0 Å². The van der Waals surface area contributed by atoms with E-state index in [-0.39, 0.29) is 5.54 Å². The molecule has 0 spiro atoms. The third-order valence-electron chi connectivity index (χ3n) is 4.26. The van der Waals surface area contributed by atoms with Gasteiger partial charge in [0.2, 0.25) is 0 Å². The Morgan fingerprint density at radius 1 is 1.20 bits per heavy atom. The van der Waals surface area contributed by atoms with Crippen LogP contribution in [0.1, 0.15) is 45.1 Å². The molecular formula is C17H30N2O. The van der Waals surface area contributed by atoms with Gasteiger partial charge in [0.1, 0.15) is 5.75 Å². The monoisotopic (exact) mass is 278 g/mol. The van der Waals surface area contributed by atoms with Gasteiger partial charge in [0.15, 0.2) is 0 Å². The lowest BCUT2D eigenvalue weighted by Gasteiger charge is -2.41. The van der Waals surface area contributed by atoms with Crippen LogP contribution in [-0.2, 0) is 5.54 Å². The topological polar surface area (TPSA) is 38.5 Å². The number of hydrogen-bond donors (Lipinski definition) is 1. The van der Waals surface area contributed by atoms with Crippen molar-refractivity contribution in [2.24, 2.45) is 5.73 Å². The van der Waals surface area contributed by atoms with E-state index in [2.05, 4.69) is 45.0 Å². The summed E-state index contributed by atoms with van der Waals surface area (Å²) in [5.41, 5.74) is 7.69. The van der Waals surface area contributed by atoms with Crippen LogP contribution in [0, 0.1) is 0 Å². The number of benzene rings is 1. The van der Waals surface area contributed by atoms with Crippen LogP contribution in [0.4, 0.5) is 0 Å². The summed E-state index contributed by atoms with van der Waals surface area (Å²) in [6.07, 6.45) is 4.45. The van der Waals surface area contributed by atoms with Crippen LogP contribution in [0.15, 0.2) is 24.3 Å². The zero-order chi connectivity index (χ0) is 15.2. The quantitative estimate of drug-likeness (QED) is 0.792. The van der Waals surface area contributed by atoms with Gasteiger partial charge in [0.25, 0.3) is 0 Å². The van der Waals surface area contributed by atoms with E-state index in [1.807, 2.05) is 12.1 Å². The number of unbranched alkanes of at least 4 members (excludes halogenated alkanes) is 1. The van der Waals surface area contributed by atoms with Crippen molar-refractivity contribution in [2.75, 3.05) is 21.2 Å². The lowest BCUT2D eigenvalue weighted by molar-refractivity contribution is 0.157. The van der Waals surface area contributed by atoms with E-state index in [1.54, 1.807) is 7.11 Å².